The van der Waals surface area contributed by atoms with Crippen LogP contribution in [0.1, 0.15) is 30.5 Å². The maximum absolute atomic E-state index is 12.1. The lowest BCUT2D eigenvalue weighted by atomic mass is 10.0. The second-order valence-electron chi connectivity index (χ2n) is 4.75. The van der Waals surface area contributed by atoms with Crippen LogP contribution in [0.25, 0.3) is 0 Å². The Morgan fingerprint density at radius 3 is 2.55 bits per heavy atom. The van der Waals surface area contributed by atoms with Gasteiger partial charge in [0.15, 0.2) is 0 Å². The van der Waals surface area contributed by atoms with Crippen LogP contribution in [0.15, 0.2) is 59.1 Å². The van der Waals surface area contributed by atoms with Crippen molar-refractivity contribution < 1.29 is 4.79 Å². The number of hydrogen-bond acceptors (Lipinski definition) is 1. The molecule has 2 aromatic rings. The van der Waals surface area contributed by atoms with Gasteiger partial charge in [-0.2, -0.15) is 0 Å². The van der Waals surface area contributed by atoms with E-state index in [9.17, 15) is 4.79 Å². The Kier molecular flexibility index (Phi) is 5.36. The fourth-order valence-electron chi connectivity index (χ4n) is 2.18. The molecule has 0 spiro atoms. The molecule has 0 radical (unpaired) electrons. The Balaban J connectivity index is 2.00. The van der Waals surface area contributed by atoms with E-state index in [1.165, 1.54) is 0 Å². The normalized spacial score (nSPS) is 11.9. The number of hydrogen-bond donors (Lipinski definition) is 1. The molecule has 2 nitrogen and oxygen atoms in total. The quantitative estimate of drug-likeness (QED) is 0.871. The zero-order valence-corrected chi connectivity index (χ0v) is 13.1. The molecule has 104 valence electrons. The van der Waals surface area contributed by atoms with E-state index in [2.05, 4.69) is 28.2 Å². The van der Waals surface area contributed by atoms with E-state index in [4.69, 9.17) is 0 Å². The maximum atomic E-state index is 12.1. The third-order valence-electron chi connectivity index (χ3n) is 3.20. The molecule has 0 saturated carbocycles. The Labute approximate surface area is 128 Å². The lowest BCUT2D eigenvalue weighted by molar-refractivity contribution is -0.121. The van der Waals surface area contributed by atoms with Gasteiger partial charge in [0.1, 0.15) is 0 Å². The molecule has 0 saturated heterocycles. The molecule has 0 aromatic heterocycles. The number of amides is 1. The molecular formula is C17H18BrNO. The van der Waals surface area contributed by atoms with Crippen LogP contribution in [-0.4, -0.2) is 5.91 Å². The van der Waals surface area contributed by atoms with Gasteiger partial charge in [-0.05, 0) is 29.7 Å². The highest BCUT2D eigenvalue weighted by atomic mass is 79.9. The van der Waals surface area contributed by atoms with Crippen LogP contribution >= 0.6 is 15.9 Å². The SMILES string of the molecule is CC[C@@H](NC(=O)Cc1cccc(Br)c1)c1ccccc1. The summed E-state index contributed by atoms with van der Waals surface area (Å²) < 4.78 is 0.998. The molecule has 0 fully saturated rings. The van der Waals surface area contributed by atoms with E-state index in [-0.39, 0.29) is 11.9 Å². The largest absolute Gasteiger partial charge is 0.349 e. The standard InChI is InChI=1S/C17H18BrNO/c1-2-16(14-8-4-3-5-9-14)19-17(20)12-13-7-6-10-15(18)11-13/h3-11,16H,2,12H2,1H3,(H,19,20)/t16-/m1/s1. The average Bonchev–Trinajstić information content (AvgIpc) is 2.45. The van der Waals surface area contributed by atoms with Gasteiger partial charge < -0.3 is 5.32 Å². The maximum Gasteiger partial charge on any atom is 0.224 e. The molecular weight excluding hydrogens is 314 g/mol. The molecule has 0 aliphatic heterocycles. The summed E-state index contributed by atoms with van der Waals surface area (Å²) in [5, 5.41) is 3.10. The van der Waals surface area contributed by atoms with E-state index in [1.807, 2.05) is 54.6 Å². The molecule has 3 heteroatoms. The van der Waals surface area contributed by atoms with E-state index in [1.54, 1.807) is 0 Å². The zero-order chi connectivity index (χ0) is 14.4. The van der Waals surface area contributed by atoms with Crippen LogP contribution < -0.4 is 5.32 Å². The van der Waals surface area contributed by atoms with Crippen molar-refractivity contribution in [3.05, 3.63) is 70.2 Å². The average molecular weight is 332 g/mol. The minimum absolute atomic E-state index is 0.0544. The van der Waals surface area contributed by atoms with Crippen LogP contribution in [0.3, 0.4) is 0 Å². The van der Waals surface area contributed by atoms with Crippen molar-refractivity contribution in [2.24, 2.45) is 0 Å². The smallest absolute Gasteiger partial charge is 0.224 e. The van der Waals surface area contributed by atoms with Gasteiger partial charge in [-0.3, -0.25) is 4.79 Å². The molecule has 1 amide bonds. The van der Waals surface area contributed by atoms with Gasteiger partial charge >= 0.3 is 0 Å². The van der Waals surface area contributed by atoms with Crippen molar-refractivity contribution in [3.8, 4) is 0 Å². The van der Waals surface area contributed by atoms with Crippen molar-refractivity contribution in [3.63, 3.8) is 0 Å². The summed E-state index contributed by atoms with van der Waals surface area (Å²) >= 11 is 3.42. The first-order chi connectivity index (χ1) is 9.69. The lowest BCUT2D eigenvalue weighted by Crippen LogP contribution is -2.29. The summed E-state index contributed by atoms with van der Waals surface area (Å²) in [6.45, 7) is 2.08. The van der Waals surface area contributed by atoms with E-state index >= 15 is 0 Å². The number of nitrogens with one attached hydrogen (secondary N) is 1. The van der Waals surface area contributed by atoms with Gasteiger partial charge in [0, 0.05) is 4.47 Å². The minimum Gasteiger partial charge on any atom is -0.349 e. The predicted octanol–water partition coefficient (Wildman–Crippen LogP) is 4.26. The van der Waals surface area contributed by atoms with Gasteiger partial charge in [0.25, 0.3) is 0 Å². The van der Waals surface area contributed by atoms with E-state index in [0.717, 1.165) is 22.0 Å². The fourth-order valence-corrected chi connectivity index (χ4v) is 2.63. The molecule has 1 atom stereocenters. The topological polar surface area (TPSA) is 29.1 Å². The second-order valence-corrected chi connectivity index (χ2v) is 5.66. The van der Waals surface area contributed by atoms with E-state index in [0.29, 0.717) is 6.42 Å². The molecule has 0 heterocycles. The van der Waals surface area contributed by atoms with E-state index < -0.39 is 0 Å². The fraction of sp³-hybridized carbons (Fsp3) is 0.235. The number of rotatable bonds is 5. The molecule has 0 bridgehead atoms. The summed E-state index contributed by atoms with van der Waals surface area (Å²) in [5.41, 5.74) is 2.16. The first-order valence-electron chi connectivity index (χ1n) is 6.77. The van der Waals surface area contributed by atoms with Crippen LogP contribution in [0.5, 0.6) is 0 Å². The highest BCUT2D eigenvalue weighted by Gasteiger charge is 2.12. The second kappa shape index (κ2) is 7.25. The van der Waals surface area contributed by atoms with Crippen molar-refractivity contribution in [2.75, 3.05) is 0 Å². The Hall–Kier alpha value is -1.61. The summed E-state index contributed by atoms with van der Waals surface area (Å²) in [4.78, 5) is 12.1. The third kappa shape index (κ3) is 4.20. The number of benzene rings is 2. The van der Waals surface area contributed by atoms with Gasteiger partial charge in [-0.15, -0.1) is 0 Å². The number of carbonyl (C=O) groups excluding carboxylic acids is 1. The first-order valence-corrected chi connectivity index (χ1v) is 7.57. The van der Waals surface area contributed by atoms with Crippen molar-refractivity contribution in [1.82, 2.24) is 5.32 Å². The number of halogens is 1. The summed E-state index contributed by atoms with van der Waals surface area (Å²) in [5.74, 6) is 0.0544. The monoisotopic (exact) mass is 331 g/mol. The molecule has 0 unspecified atom stereocenters. The van der Waals surface area contributed by atoms with Crippen LogP contribution in [0, 0.1) is 0 Å². The molecule has 2 aromatic carbocycles. The summed E-state index contributed by atoms with van der Waals surface area (Å²) in [6, 6.07) is 18.0. The molecule has 0 aliphatic rings. The van der Waals surface area contributed by atoms with Crippen LogP contribution in [-0.2, 0) is 11.2 Å². The Bertz CT molecular complexity index is 568. The summed E-state index contributed by atoms with van der Waals surface area (Å²) in [7, 11) is 0. The Morgan fingerprint density at radius 2 is 1.90 bits per heavy atom. The Morgan fingerprint density at radius 1 is 1.15 bits per heavy atom. The zero-order valence-electron chi connectivity index (χ0n) is 11.5. The van der Waals surface area contributed by atoms with Gasteiger partial charge in [-0.1, -0.05) is 65.3 Å². The summed E-state index contributed by atoms with van der Waals surface area (Å²) in [6.07, 6.45) is 1.29. The van der Waals surface area contributed by atoms with Crippen LogP contribution in [0.2, 0.25) is 0 Å². The third-order valence-corrected chi connectivity index (χ3v) is 3.69. The highest BCUT2D eigenvalue weighted by molar-refractivity contribution is 9.10. The molecule has 1 N–H and O–H groups in total. The highest BCUT2D eigenvalue weighted by Crippen LogP contribution is 2.17. The lowest BCUT2D eigenvalue weighted by Gasteiger charge is -2.17. The molecule has 0 aliphatic carbocycles. The van der Waals surface area contributed by atoms with Gasteiger partial charge in [-0.25, -0.2) is 0 Å². The first kappa shape index (κ1) is 14.8. The minimum atomic E-state index is 0.0544. The molecule has 20 heavy (non-hydrogen) atoms. The van der Waals surface area contributed by atoms with Crippen molar-refractivity contribution >= 4 is 21.8 Å². The van der Waals surface area contributed by atoms with Crippen LogP contribution in [0.4, 0.5) is 0 Å². The van der Waals surface area contributed by atoms with Crippen molar-refractivity contribution in [1.29, 1.82) is 0 Å². The van der Waals surface area contributed by atoms with Gasteiger partial charge in [0.2, 0.25) is 5.91 Å². The van der Waals surface area contributed by atoms with Gasteiger partial charge in [0.05, 0.1) is 12.5 Å². The molecule has 2 rings (SSSR count). The van der Waals surface area contributed by atoms with Crippen molar-refractivity contribution in [2.45, 2.75) is 25.8 Å². The predicted molar refractivity (Wildman–Crippen MR) is 85.5 cm³/mol. The number of carbonyl (C=O) groups is 1.